The zero-order valence-corrected chi connectivity index (χ0v) is 75.9. The summed E-state index contributed by atoms with van der Waals surface area (Å²) in [5.41, 5.74) is 7.65. The first-order valence-corrected chi connectivity index (χ1v) is 42.2. The van der Waals surface area contributed by atoms with Gasteiger partial charge in [-0.05, 0) is 174 Å². The van der Waals surface area contributed by atoms with Crippen LogP contribution in [-0.4, -0.2) is 161 Å². The van der Waals surface area contributed by atoms with Gasteiger partial charge in [-0.15, -0.1) is 12.4 Å². The Balaban J connectivity index is 0.00000171. The van der Waals surface area contributed by atoms with E-state index in [1.54, 1.807) is 81.4 Å². The number of hydrogen-bond acceptors (Lipinski definition) is 25. The van der Waals surface area contributed by atoms with E-state index in [0.29, 0.717) is 45.6 Å². The number of unbranched alkanes of at least 4 members (excludes halogenated alkanes) is 3. The Morgan fingerprint density at radius 2 is 0.627 bits per heavy atom. The molecule has 28 nitrogen and oxygen atoms in total. The van der Waals surface area contributed by atoms with Crippen molar-refractivity contribution >= 4 is 176 Å². The minimum Gasteiger partial charge on any atom is -0.461 e. The molecule has 9 aromatic rings. The molecule has 126 heavy (non-hydrogen) atoms. The van der Waals surface area contributed by atoms with Crippen LogP contribution in [0.15, 0.2) is 130 Å². The Hall–Kier alpha value is -11.2. The Bertz CT molecular complexity index is 5250. The van der Waals surface area contributed by atoms with Crippen LogP contribution in [0.2, 0.25) is 0 Å². The lowest BCUT2D eigenvalue weighted by Gasteiger charge is -2.17. The van der Waals surface area contributed by atoms with Gasteiger partial charge in [0.15, 0.2) is 40.2 Å². The van der Waals surface area contributed by atoms with Crippen molar-refractivity contribution in [3.63, 3.8) is 0 Å². The summed E-state index contributed by atoms with van der Waals surface area (Å²) in [5, 5.41) is 43.8. The van der Waals surface area contributed by atoms with E-state index in [9.17, 15) is 63.2 Å². The van der Waals surface area contributed by atoms with E-state index in [0.717, 1.165) is 162 Å². The van der Waals surface area contributed by atoms with Crippen LogP contribution < -0.4 is 5.90 Å². The minimum atomic E-state index is -0.890. The third-order valence-electron chi connectivity index (χ3n) is 20.6. The molecule has 30 heteroatoms. The van der Waals surface area contributed by atoms with Crippen LogP contribution >= 0.6 is 24.0 Å². The Labute approximate surface area is 752 Å². The van der Waals surface area contributed by atoms with Gasteiger partial charge in [-0.2, -0.15) is 0 Å². The van der Waals surface area contributed by atoms with Gasteiger partial charge in [0.1, 0.15) is 0 Å². The highest BCUT2D eigenvalue weighted by molar-refractivity contribution is 6.62. The summed E-state index contributed by atoms with van der Waals surface area (Å²) in [6, 6.07) is 32.4. The van der Waals surface area contributed by atoms with Crippen molar-refractivity contribution in [2.24, 2.45) is 44.3 Å². The highest BCUT2D eigenvalue weighted by atomic mass is 35.5. The quantitative estimate of drug-likeness (QED) is 0.00321. The number of esters is 3. The molecule has 5 N–H and O–H groups in total. The molecular formula is C96H135Cl2N9O19. The number of Topliss-reactive ketones (excluding diaryl/α,β-unsaturated/α-hetero) is 5. The third kappa shape index (κ3) is 32.0. The molecule has 0 fully saturated rings. The van der Waals surface area contributed by atoms with Gasteiger partial charge in [-0.1, -0.05) is 187 Å². The zero-order valence-electron chi connectivity index (χ0n) is 74.3. The number of carbonyl (C=O) groups excluding carboxylic acids is 11. The van der Waals surface area contributed by atoms with Crippen molar-refractivity contribution in [2.75, 3.05) is 39.5 Å². The maximum Gasteiger partial charge on any atom is 0.379 e. The highest BCUT2D eigenvalue weighted by Crippen LogP contribution is 2.37. The molecule has 0 radical (unpaired) electrons. The molecule has 0 saturated carbocycles. The lowest BCUT2D eigenvalue weighted by Crippen LogP contribution is -2.21. The summed E-state index contributed by atoms with van der Waals surface area (Å²) in [6.07, 6.45) is 13.3. The fourth-order valence-corrected chi connectivity index (χ4v) is 14.2. The van der Waals surface area contributed by atoms with E-state index in [4.69, 9.17) is 29.1 Å². The van der Waals surface area contributed by atoms with Crippen molar-refractivity contribution in [3.8, 4) is 0 Å². The van der Waals surface area contributed by atoms with E-state index < -0.39 is 47.2 Å². The standard InChI is InChI=1S/C31H37N3O7.C27H33N3O5.C27H31NO5.C6H15N.C2H3ClO.3CH4.ClH.H3NO/c1-7-10-11-22(8-2)18-34-27-14-12-23(29(19(4)35)32-40-20(5)36)16-25(27)26-17-24(13-15-28(26)34)30(31(38)39-9-3)33-41-21(6)37;1-5-8-9-18(6-2)16-30-23-12-10-19(25(28-33)17(4)31)14-21(23)22-15-20(11-13-24(22)30)26(29-34)27(32)35-7-3;1-5-8-9-18(6-2)16-28-23-12-10-19(25(30)17(4)29)14-21(23)22-15-20(11-13-24(22)28)26(31)27(32)33-7-3;1-4-7(5-2)6-3;1-2(3)4;;;;;1-2/h12-17,22H,7-11,18H2,1-6H3;10-15,18,33-34H,5-9,16H2,1-4H3;10-15,18H,5-9,16H2,1-4H3;4-6H2,1-3H3;1H3;3*1H4;1H;2H,1H2/b32-29+,33-30-;28-25+,29-26-;;;;;;;;. The number of benzene rings is 6. The first kappa shape index (κ1) is 115. The maximum absolute atomic E-state index is 12.7. The third-order valence-corrected chi connectivity index (χ3v) is 20.6. The Kier molecular flexibility index (Phi) is 53.7. The second kappa shape index (κ2) is 58.9. The van der Waals surface area contributed by atoms with Gasteiger partial charge in [0, 0.05) is 160 Å². The van der Waals surface area contributed by atoms with Gasteiger partial charge >= 0.3 is 29.8 Å². The summed E-state index contributed by atoms with van der Waals surface area (Å²) in [5.74, 6) is -1.19. The van der Waals surface area contributed by atoms with E-state index in [1.807, 2.05) is 48.5 Å². The molecule has 3 heterocycles. The summed E-state index contributed by atoms with van der Waals surface area (Å²) >= 11 is 4.64. The lowest BCUT2D eigenvalue weighted by atomic mass is 9.99. The van der Waals surface area contributed by atoms with Gasteiger partial charge in [0.05, 0.1) is 19.8 Å². The van der Waals surface area contributed by atoms with Gasteiger partial charge < -0.3 is 58.1 Å². The number of nitrogens with two attached hydrogens (primary N) is 1. The molecule has 0 amide bonds. The van der Waals surface area contributed by atoms with Crippen LogP contribution in [0, 0.1) is 17.8 Å². The molecule has 3 aromatic heterocycles. The second-order valence-corrected chi connectivity index (χ2v) is 29.5. The largest absolute Gasteiger partial charge is 0.461 e. The van der Waals surface area contributed by atoms with Crippen molar-refractivity contribution in [2.45, 2.75) is 244 Å². The molecule has 9 rings (SSSR count). The fourth-order valence-electron chi connectivity index (χ4n) is 14.2. The summed E-state index contributed by atoms with van der Waals surface area (Å²) in [4.78, 5) is 142. The van der Waals surface area contributed by atoms with Crippen LogP contribution in [0.4, 0.5) is 0 Å². The van der Waals surface area contributed by atoms with Crippen molar-refractivity contribution in [1.82, 2.24) is 18.6 Å². The van der Waals surface area contributed by atoms with Crippen molar-refractivity contribution < 1.29 is 92.2 Å². The Morgan fingerprint density at radius 1 is 0.373 bits per heavy atom. The van der Waals surface area contributed by atoms with Crippen LogP contribution in [0.5, 0.6) is 0 Å². The van der Waals surface area contributed by atoms with Crippen LogP contribution in [0.25, 0.3) is 65.4 Å². The first-order valence-electron chi connectivity index (χ1n) is 41.8. The normalized spacial score (nSPS) is 11.9. The monoisotopic (exact) mass is 1790 g/mol. The molecule has 692 valence electrons. The topological polar surface area (TPSA) is 388 Å². The van der Waals surface area contributed by atoms with Gasteiger partial charge in [-0.25, -0.2) is 29.9 Å². The minimum absolute atomic E-state index is 0. The van der Waals surface area contributed by atoms with E-state index >= 15 is 0 Å². The second-order valence-electron chi connectivity index (χ2n) is 29.0. The number of ether oxygens (including phenoxy) is 3. The molecular weight excluding hydrogens is 1650 g/mol. The summed E-state index contributed by atoms with van der Waals surface area (Å²) < 4.78 is 21.8. The number of carbonyl (C=O) groups is 11. The van der Waals surface area contributed by atoms with E-state index in [1.165, 1.54) is 61.2 Å². The molecule has 0 saturated heterocycles. The summed E-state index contributed by atoms with van der Waals surface area (Å²) in [7, 11) is 0. The molecule has 0 aliphatic heterocycles. The number of halogens is 2. The van der Waals surface area contributed by atoms with Crippen LogP contribution in [0.1, 0.15) is 267 Å². The molecule has 3 unspecified atom stereocenters. The molecule has 0 aliphatic carbocycles. The zero-order chi connectivity index (χ0) is 91.0. The summed E-state index contributed by atoms with van der Waals surface area (Å²) in [6.45, 7) is 38.7. The van der Waals surface area contributed by atoms with Gasteiger partial charge in [-0.3, -0.25) is 28.8 Å². The van der Waals surface area contributed by atoms with Crippen LogP contribution in [-0.2, 0) is 86.7 Å². The molecule has 0 bridgehead atoms. The molecule has 0 aliphatic rings. The predicted octanol–water partition coefficient (Wildman–Crippen LogP) is 20.5. The number of nitrogens with zero attached hydrogens (tertiary/aromatic N) is 8. The number of rotatable bonds is 38. The number of hydrogen-bond donors (Lipinski definition) is 4. The Morgan fingerprint density at radius 3 is 0.881 bits per heavy atom. The smallest absolute Gasteiger partial charge is 0.379 e. The average molecular weight is 1790 g/mol. The van der Waals surface area contributed by atoms with Crippen molar-refractivity contribution in [1.29, 1.82) is 0 Å². The number of aromatic nitrogens is 3. The number of ketones is 5. The number of oxime groups is 4. The fraction of sp³-hybridized carbons (Fsp3) is 0.469. The maximum atomic E-state index is 12.7. The SMILES string of the molecule is C.C.C.CC(=O)Cl.CCCCC(CC)Cn1c2ccc(/C(=N/O)C(C)=O)cc2c2cc(/C(=N/O)C(=O)OCC)ccc21.CCCCC(CC)Cn1c2ccc(/C(=N/OC(C)=O)C(C)=O)cc2c2cc(/C(=N/OC(C)=O)C(=O)OCC)ccc21.CCCCC(CC)Cn1c2ccc(C(=O)C(C)=O)cc2c2cc(C(=O)C(=O)OCC)ccc21.CCN(CC)CC.Cl.NO. The van der Waals surface area contributed by atoms with E-state index in [2.05, 4.69) is 119 Å². The van der Waals surface area contributed by atoms with Crippen molar-refractivity contribution in [3.05, 3.63) is 143 Å². The van der Waals surface area contributed by atoms with Gasteiger partial charge in [0.25, 0.3) is 5.78 Å². The van der Waals surface area contributed by atoms with Crippen LogP contribution in [0.3, 0.4) is 0 Å². The first-order chi connectivity index (χ1) is 58.4. The molecule has 3 atom stereocenters. The molecule has 6 aromatic carbocycles. The predicted molar refractivity (Wildman–Crippen MR) is 506 cm³/mol. The lowest BCUT2D eigenvalue weighted by molar-refractivity contribution is -0.142. The average Bonchev–Trinajstić information content (AvgIpc) is 1.61. The van der Waals surface area contributed by atoms with Gasteiger partial charge in [0.2, 0.25) is 11.0 Å². The number of fused-ring (bicyclic) bond motifs is 9. The highest BCUT2D eigenvalue weighted by Gasteiger charge is 2.27. The van der Waals surface area contributed by atoms with E-state index in [-0.39, 0.29) is 99.7 Å². The molecule has 0 spiro atoms.